The van der Waals surface area contributed by atoms with Crippen molar-refractivity contribution in [2.75, 3.05) is 4.90 Å². The van der Waals surface area contributed by atoms with E-state index in [1.165, 1.54) is 22.4 Å². The van der Waals surface area contributed by atoms with Gasteiger partial charge in [-0.25, -0.2) is 0 Å². The zero-order chi connectivity index (χ0) is 17.1. The topological polar surface area (TPSA) is 23.6 Å². The number of carbonyl (C=O) groups excluding carboxylic acids is 1. The minimum atomic E-state index is -0.109. The highest BCUT2D eigenvalue weighted by Crippen LogP contribution is 2.50. The van der Waals surface area contributed by atoms with Gasteiger partial charge in [0.2, 0.25) is 5.91 Å². The highest BCUT2D eigenvalue weighted by molar-refractivity contribution is 5.91. The van der Waals surface area contributed by atoms with Crippen molar-refractivity contribution in [1.29, 1.82) is 0 Å². The fourth-order valence-electron chi connectivity index (χ4n) is 4.39. The zero-order valence-electron chi connectivity index (χ0n) is 14.8. The van der Waals surface area contributed by atoms with Crippen LogP contribution in [0.15, 0.2) is 48.5 Å². The summed E-state index contributed by atoms with van der Waals surface area (Å²) in [4.78, 5) is 17.4. The summed E-state index contributed by atoms with van der Waals surface area (Å²) in [7, 11) is 0. The van der Waals surface area contributed by atoms with E-state index in [2.05, 4.69) is 60.9 Å². The third-order valence-electron chi connectivity index (χ3n) is 5.58. The summed E-state index contributed by atoms with van der Waals surface area (Å²) in [6.45, 7) is 9.36. The molecule has 4 rings (SSSR count). The third-order valence-corrected chi connectivity index (χ3v) is 5.58. The minimum Gasteiger partial charge on any atom is -0.338 e. The van der Waals surface area contributed by atoms with Crippen LogP contribution in [0.2, 0.25) is 0 Å². The summed E-state index contributed by atoms with van der Waals surface area (Å²) in [5, 5.41) is 0. The number of anilines is 1. The van der Waals surface area contributed by atoms with Crippen LogP contribution in [0.3, 0.4) is 0 Å². The first kappa shape index (κ1) is 15.3. The predicted octanol–water partition coefficient (Wildman–Crippen LogP) is 3.85. The van der Waals surface area contributed by atoms with Crippen molar-refractivity contribution in [3.05, 3.63) is 65.2 Å². The van der Waals surface area contributed by atoms with E-state index in [0.717, 1.165) is 0 Å². The number of hydrogen-bond acceptors (Lipinski definition) is 2. The van der Waals surface area contributed by atoms with Crippen molar-refractivity contribution in [2.24, 2.45) is 0 Å². The van der Waals surface area contributed by atoms with Gasteiger partial charge in [0.05, 0.1) is 0 Å². The van der Waals surface area contributed by atoms with Gasteiger partial charge in [0, 0.05) is 17.6 Å². The Morgan fingerprint density at radius 2 is 1.79 bits per heavy atom. The molecule has 1 fully saturated rings. The molecule has 0 N–H and O–H groups in total. The molecule has 2 aliphatic rings. The highest BCUT2D eigenvalue weighted by atomic mass is 16.2. The molecule has 0 bridgehead atoms. The molecule has 2 atom stereocenters. The molecule has 2 aliphatic heterocycles. The molecule has 0 aliphatic carbocycles. The van der Waals surface area contributed by atoms with E-state index in [1.807, 2.05) is 25.1 Å². The van der Waals surface area contributed by atoms with Crippen LogP contribution in [0.1, 0.15) is 37.5 Å². The lowest BCUT2D eigenvalue weighted by Gasteiger charge is -2.35. The van der Waals surface area contributed by atoms with Crippen LogP contribution in [0, 0.1) is 6.92 Å². The molecule has 0 radical (unpaired) electrons. The molecule has 2 aromatic carbocycles. The summed E-state index contributed by atoms with van der Waals surface area (Å²) in [6.07, 6.45) is 0.0806. The average Bonchev–Trinajstić information content (AvgIpc) is 2.94. The molecule has 0 aromatic heterocycles. The van der Waals surface area contributed by atoms with E-state index < -0.39 is 0 Å². The summed E-state index contributed by atoms with van der Waals surface area (Å²) in [6, 6.07) is 16.8. The zero-order valence-corrected chi connectivity index (χ0v) is 14.8. The predicted molar refractivity (Wildman–Crippen MR) is 96.9 cm³/mol. The normalized spacial score (nSPS) is 24.2. The Bertz CT molecular complexity index is 797. The number of nitrogens with zero attached hydrogens (tertiary/aromatic N) is 2. The van der Waals surface area contributed by atoms with Gasteiger partial charge in [0.1, 0.15) is 12.2 Å². The van der Waals surface area contributed by atoms with Gasteiger partial charge >= 0.3 is 0 Å². The van der Waals surface area contributed by atoms with Crippen LogP contribution < -0.4 is 4.90 Å². The van der Waals surface area contributed by atoms with Gasteiger partial charge in [0.25, 0.3) is 0 Å². The van der Waals surface area contributed by atoms with Gasteiger partial charge in [-0.2, -0.15) is 0 Å². The number of carbonyl (C=O) groups is 1. The third kappa shape index (κ3) is 2.00. The van der Waals surface area contributed by atoms with Gasteiger partial charge in [-0.1, -0.05) is 61.9 Å². The average molecular weight is 320 g/mol. The van der Waals surface area contributed by atoms with Gasteiger partial charge in [0.15, 0.2) is 0 Å². The Balaban J connectivity index is 1.79. The highest BCUT2D eigenvalue weighted by Gasteiger charge is 2.56. The number of rotatable bonds is 2. The fourth-order valence-corrected chi connectivity index (χ4v) is 4.39. The first-order valence-corrected chi connectivity index (χ1v) is 8.65. The van der Waals surface area contributed by atoms with Gasteiger partial charge in [-0.05, 0) is 31.0 Å². The van der Waals surface area contributed by atoms with Crippen LogP contribution in [0.4, 0.5) is 5.69 Å². The molecule has 2 heterocycles. The van der Waals surface area contributed by atoms with E-state index in [9.17, 15) is 4.79 Å². The van der Waals surface area contributed by atoms with Crippen molar-refractivity contribution in [2.45, 2.75) is 51.9 Å². The van der Waals surface area contributed by atoms with Crippen LogP contribution >= 0.6 is 0 Å². The van der Waals surface area contributed by atoms with E-state index in [0.29, 0.717) is 6.54 Å². The van der Waals surface area contributed by atoms with E-state index in [4.69, 9.17) is 0 Å². The molecule has 2 aromatic rings. The van der Waals surface area contributed by atoms with E-state index in [1.54, 1.807) is 0 Å². The monoisotopic (exact) mass is 320 g/mol. The SMILES string of the molecule is Cc1ccc2c(c1)C(C)(C)C1N(Cc3ccccc3)C(=O)C(C)N21. The smallest absolute Gasteiger partial charge is 0.247 e. The lowest BCUT2D eigenvalue weighted by Crippen LogP contribution is -2.47. The van der Waals surface area contributed by atoms with Crippen LogP contribution in [-0.4, -0.2) is 23.0 Å². The summed E-state index contributed by atoms with van der Waals surface area (Å²) in [5.41, 5.74) is 4.94. The maximum absolute atomic E-state index is 13.0. The number of benzene rings is 2. The number of hydrogen-bond donors (Lipinski definition) is 0. The second-order valence-electron chi connectivity index (χ2n) is 7.65. The molecular formula is C21H24N2O. The van der Waals surface area contributed by atoms with E-state index >= 15 is 0 Å². The largest absolute Gasteiger partial charge is 0.338 e. The molecule has 3 heteroatoms. The lowest BCUT2D eigenvalue weighted by molar-refractivity contribution is -0.131. The first-order chi connectivity index (χ1) is 11.4. The molecule has 0 spiro atoms. The molecule has 124 valence electrons. The van der Waals surface area contributed by atoms with Crippen molar-refractivity contribution in [1.82, 2.24) is 4.90 Å². The van der Waals surface area contributed by atoms with Crippen LogP contribution in [0.5, 0.6) is 0 Å². The second kappa shape index (κ2) is 5.10. The minimum absolute atomic E-state index is 0.0806. The van der Waals surface area contributed by atoms with Crippen molar-refractivity contribution in [3.63, 3.8) is 0 Å². The Morgan fingerprint density at radius 1 is 1.08 bits per heavy atom. The van der Waals surface area contributed by atoms with Crippen molar-refractivity contribution in [3.8, 4) is 0 Å². The summed E-state index contributed by atoms with van der Waals surface area (Å²) in [5.74, 6) is 0.225. The van der Waals surface area contributed by atoms with Crippen LogP contribution in [0.25, 0.3) is 0 Å². The van der Waals surface area contributed by atoms with Crippen molar-refractivity contribution >= 4 is 11.6 Å². The Morgan fingerprint density at radius 3 is 2.50 bits per heavy atom. The Labute approximate surface area is 143 Å². The molecule has 0 saturated carbocycles. The van der Waals surface area contributed by atoms with Gasteiger partial charge in [-0.3, -0.25) is 4.79 Å². The molecule has 3 nitrogen and oxygen atoms in total. The Kier molecular flexibility index (Phi) is 3.24. The molecule has 2 unspecified atom stereocenters. The van der Waals surface area contributed by atoms with Gasteiger partial charge in [-0.15, -0.1) is 0 Å². The van der Waals surface area contributed by atoms with Gasteiger partial charge < -0.3 is 9.80 Å². The molecular weight excluding hydrogens is 296 g/mol. The van der Waals surface area contributed by atoms with E-state index in [-0.39, 0.29) is 23.5 Å². The maximum atomic E-state index is 13.0. The molecule has 1 amide bonds. The number of aryl methyl sites for hydroxylation is 1. The summed E-state index contributed by atoms with van der Waals surface area (Å²) >= 11 is 0. The second-order valence-corrected chi connectivity index (χ2v) is 7.65. The number of amides is 1. The quantitative estimate of drug-likeness (QED) is 0.839. The summed E-state index contributed by atoms with van der Waals surface area (Å²) < 4.78 is 0. The maximum Gasteiger partial charge on any atom is 0.247 e. The van der Waals surface area contributed by atoms with Crippen LogP contribution in [-0.2, 0) is 16.8 Å². The first-order valence-electron chi connectivity index (χ1n) is 8.65. The molecule has 24 heavy (non-hydrogen) atoms. The number of fused-ring (bicyclic) bond motifs is 3. The lowest BCUT2D eigenvalue weighted by atomic mass is 9.83. The standard InChI is InChI=1S/C21H24N2O/c1-14-10-11-18-17(12-14)21(3,4)20-22(19(24)15(2)23(18)20)13-16-8-6-5-7-9-16/h5-12,15,20H,13H2,1-4H3. The van der Waals surface area contributed by atoms with Crippen molar-refractivity contribution < 1.29 is 4.79 Å². The fraction of sp³-hybridized carbons (Fsp3) is 0.381. The Hall–Kier alpha value is -2.29. The molecule has 1 saturated heterocycles.